The second-order valence-electron chi connectivity index (χ2n) is 5.58. The van der Waals surface area contributed by atoms with Gasteiger partial charge in [-0.25, -0.2) is 9.97 Å². The molecule has 0 atom stereocenters. The summed E-state index contributed by atoms with van der Waals surface area (Å²) in [6.07, 6.45) is 6.08. The molecule has 24 heavy (non-hydrogen) atoms. The number of aromatic nitrogens is 3. The van der Waals surface area contributed by atoms with Gasteiger partial charge in [0.1, 0.15) is 0 Å². The number of carbonyl (C=O) groups excluding carboxylic acids is 1. The Labute approximate surface area is 145 Å². The Bertz CT molecular complexity index is 823. The summed E-state index contributed by atoms with van der Waals surface area (Å²) in [5, 5.41) is 3.54. The van der Waals surface area contributed by atoms with E-state index in [0.717, 1.165) is 34.8 Å². The highest BCUT2D eigenvalue weighted by Gasteiger charge is 2.18. The molecule has 124 valence electrons. The van der Waals surface area contributed by atoms with Crippen molar-refractivity contribution < 1.29 is 4.79 Å². The number of thiazole rings is 1. The van der Waals surface area contributed by atoms with Gasteiger partial charge in [0.05, 0.1) is 10.6 Å². The Morgan fingerprint density at radius 3 is 2.75 bits per heavy atom. The van der Waals surface area contributed by atoms with Crippen LogP contribution in [0.5, 0.6) is 0 Å². The van der Waals surface area contributed by atoms with E-state index in [1.807, 2.05) is 48.1 Å². The largest absolute Gasteiger partial charge is 0.333 e. The molecule has 1 N–H and O–H groups in total. The molecule has 0 saturated heterocycles. The minimum atomic E-state index is 0.0107. The van der Waals surface area contributed by atoms with E-state index in [1.165, 1.54) is 11.3 Å². The zero-order valence-corrected chi connectivity index (χ0v) is 14.6. The molecule has 0 spiro atoms. The molecule has 0 aliphatic heterocycles. The van der Waals surface area contributed by atoms with E-state index < -0.39 is 0 Å². The smallest absolute Gasteiger partial charge is 0.226 e. The molecule has 0 unspecified atom stereocenters. The van der Waals surface area contributed by atoms with E-state index >= 15 is 0 Å². The zero-order valence-electron chi connectivity index (χ0n) is 13.8. The average Bonchev–Trinajstić information content (AvgIpc) is 3.19. The highest BCUT2D eigenvalue weighted by atomic mass is 32.1. The van der Waals surface area contributed by atoms with E-state index in [9.17, 15) is 4.79 Å². The van der Waals surface area contributed by atoms with Crippen LogP contribution in [-0.4, -0.2) is 20.4 Å². The lowest BCUT2D eigenvalue weighted by atomic mass is 10.1. The standard InChI is InChI=1S/C18H20N4OS/c1-3-4-10-14(23)20-18-21-15(13-8-6-5-7-9-13)16(24-18)17-19-11-12-22(17)2/h5-9,11-12H,3-4,10H2,1-2H3,(H,20,21,23). The number of aryl methyl sites for hydroxylation is 1. The van der Waals surface area contributed by atoms with Crippen molar-refractivity contribution in [3.63, 3.8) is 0 Å². The van der Waals surface area contributed by atoms with Crippen molar-refractivity contribution in [2.24, 2.45) is 7.05 Å². The number of amides is 1. The van der Waals surface area contributed by atoms with Crippen LogP contribution in [0.2, 0.25) is 0 Å². The van der Waals surface area contributed by atoms with Gasteiger partial charge in [-0.15, -0.1) is 0 Å². The molecule has 3 aromatic rings. The lowest BCUT2D eigenvalue weighted by molar-refractivity contribution is -0.116. The van der Waals surface area contributed by atoms with Gasteiger partial charge < -0.3 is 9.88 Å². The summed E-state index contributed by atoms with van der Waals surface area (Å²) >= 11 is 1.46. The topological polar surface area (TPSA) is 59.8 Å². The fourth-order valence-corrected chi connectivity index (χ4v) is 3.46. The van der Waals surface area contributed by atoms with Crippen molar-refractivity contribution >= 4 is 22.4 Å². The van der Waals surface area contributed by atoms with Gasteiger partial charge in [-0.05, 0) is 6.42 Å². The van der Waals surface area contributed by atoms with Gasteiger partial charge >= 0.3 is 0 Å². The molecule has 0 radical (unpaired) electrons. The molecular weight excluding hydrogens is 320 g/mol. The quantitative estimate of drug-likeness (QED) is 0.726. The van der Waals surface area contributed by atoms with Crippen LogP contribution in [0.3, 0.4) is 0 Å². The highest BCUT2D eigenvalue weighted by molar-refractivity contribution is 7.19. The summed E-state index contributed by atoms with van der Waals surface area (Å²) < 4.78 is 1.96. The van der Waals surface area contributed by atoms with Crippen LogP contribution >= 0.6 is 11.3 Å². The maximum Gasteiger partial charge on any atom is 0.226 e. The molecule has 0 fully saturated rings. The van der Waals surface area contributed by atoms with Crippen molar-refractivity contribution in [2.75, 3.05) is 5.32 Å². The van der Waals surface area contributed by atoms with Gasteiger partial charge in [0.2, 0.25) is 5.91 Å². The molecule has 5 nitrogen and oxygen atoms in total. The summed E-state index contributed by atoms with van der Waals surface area (Å²) in [4.78, 5) is 22.1. The van der Waals surface area contributed by atoms with Crippen LogP contribution < -0.4 is 5.32 Å². The molecule has 3 rings (SSSR count). The Morgan fingerprint density at radius 2 is 2.08 bits per heavy atom. The predicted molar refractivity (Wildman–Crippen MR) is 97.9 cm³/mol. The third-order valence-electron chi connectivity index (χ3n) is 3.70. The number of rotatable bonds is 6. The molecule has 6 heteroatoms. The first-order chi connectivity index (χ1) is 11.7. The molecule has 1 aromatic carbocycles. The minimum Gasteiger partial charge on any atom is -0.333 e. The molecule has 2 aromatic heterocycles. The molecule has 2 heterocycles. The van der Waals surface area contributed by atoms with Crippen LogP contribution in [0.25, 0.3) is 22.0 Å². The van der Waals surface area contributed by atoms with Gasteiger partial charge in [0.25, 0.3) is 0 Å². The first-order valence-electron chi connectivity index (χ1n) is 8.03. The van der Waals surface area contributed by atoms with Gasteiger partial charge in [0.15, 0.2) is 11.0 Å². The fourth-order valence-electron chi connectivity index (χ4n) is 2.42. The van der Waals surface area contributed by atoms with Crippen molar-refractivity contribution in [3.8, 4) is 22.0 Å². The molecular formula is C18H20N4OS. The highest BCUT2D eigenvalue weighted by Crippen LogP contribution is 2.38. The summed E-state index contributed by atoms with van der Waals surface area (Å²) in [5.74, 6) is 0.858. The number of nitrogens with one attached hydrogen (secondary N) is 1. The Balaban J connectivity index is 1.97. The van der Waals surface area contributed by atoms with E-state index in [-0.39, 0.29) is 5.91 Å². The van der Waals surface area contributed by atoms with Gasteiger partial charge in [-0.1, -0.05) is 55.0 Å². The van der Waals surface area contributed by atoms with Crippen molar-refractivity contribution in [2.45, 2.75) is 26.2 Å². The first-order valence-corrected chi connectivity index (χ1v) is 8.84. The number of anilines is 1. The van der Waals surface area contributed by atoms with Crippen LogP contribution in [0.15, 0.2) is 42.7 Å². The monoisotopic (exact) mass is 340 g/mol. The SMILES string of the molecule is CCCCC(=O)Nc1nc(-c2ccccc2)c(-c2nccn2C)s1. The van der Waals surface area contributed by atoms with Crippen LogP contribution in [0.4, 0.5) is 5.13 Å². The summed E-state index contributed by atoms with van der Waals surface area (Å²) in [6, 6.07) is 9.98. The van der Waals surface area contributed by atoms with Crippen molar-refractivity contribution in [1.82, 2.24) is 14.5 Å². The Hall–Kier alpha value is -2.47. The van der Waals surface area contributed by atoms with E-state index in [4.69, 9.17) is 0 Å². The number of imidazole rings is 1. The zero-order chi connectivity index (χ0) is 16.9. The lowest BCUT2D eigenvalue weighted by Crippen LogP contribution is -2.10. The van der Waals surface area contributed by atoms with Gasteiger partial charge in [0, 0.05) is 31.4 Å². The molecule has 0 aliphatic carbocycles. The molecule has 0 saturated carbocycles. The summed E-state index contributed by atoms with van der Waals surface area (Å²) in [5.41, 5.74) is 1.86. The number of benzene rings is 1. The normalized spacial score (nSPS) is 10.8. The van der Waals surface area contributed by atoms with Crippen molar-refractivity contribution in [3.05, 3.63) is 42.7 Å². The third kappa shape index (κ3) is 3.54. The first kappa shape index (κ1) is 16.4. The second-order valence-corrected chi connectivity index (χ2v) is 6.58. The molecule has 0 bridgehead atoms. The fraction of sp³-hybridized carbons (Fsp3) is 0.278. The number of hydrogen-bond donors (Lipinski definition) is 1. The Morgan fingerprint density at radius 1 is 1.29 bits per heavy atom. The predicted octanol–water partition coefficient (Wildman–Crippen LogP) is 4.34. The van der Waals surface area contributed by atoms with E-state index in [2.05, 4.69) is 22.2 Å². The molecule has 0 aliphatic rings. The van der Waals surface area contributed by atoms with Gasteiger partial charge in [-0.2, -0.15) is 0 Å². The summed E-state index contributed by atoms with van der Waals surface area (Å²) in [7, 11) is 1.95. The summed E-state index contributed by atoms with van der Waals surface area (Å²) in [6.45, 7) is 2.07. The number of unbranched alkanes of at least 4 members (excludes halogenated alkanes) is 1. The van der Waals surface area contributed by atoms with E-state index in [0.29, 0.717) is 11.6 Å². The second kappa shape index (κ2) is 7.40. The number of hydrogen-bond acceptors (Lipinski definition) is 4. The van der Waals surface area contributed by atoms with Crippen molar-refractivity contribution in [1.29, 1.82) is 0 Å². The average molecular weight is 340 g/mol. The van der Waals surface area contributed by atoms with Crippen LogP contribution in [-0.2, 0) is 11.8 Å². The maximum atomic E-state index is 12.0. The molecule has 1 amide bonds. The Kier molecular flexibility index (Phi) is 5.05. The minimum absolute atomic E-state index is 0.0107. The van der Waals surface area contributed by atoms with Crippen LogP contribution in [0.1, 0.15) is 26.2 Å². The number of carbonyl (C=O) groups is 1. The van der Waals surface area contributed by atoms with Gasteiger partial charge in [-0.3, -0.25) is 4.79 Å². The number of nitrogens with zero attached hydrogens (tertiary/aromatic N) is 3. The van der Waals surface area contributed by atoms with Crippen LogP contribution in [0, 0.1) is 0 Å². The van der Waals surface area contributed by atoms with E-state index in [1.54, 1.807) is 6.20 Å². The maximum absolute atomic E-state index is 12.0. The lowest BCUT2D eigenvalue weighted by Gasteiger charge is -2.02. The third-order valence-corrected chi connectivity index (χ3v) is 4.67.